The number of H-pyrrole nitrogens is 1. The molecule has 0 spiro atoms. The van der Waals surface area contributed by atoms with Gasteiger partial charge in [-0.3, -0.25) is 4.98 Å². The number of hydrogen-bond acceptors (Lipinski definition) is 4. The summed E-state index contributed by atoms with van der Waals surface area (Å²) in [6.45, 7) is 0. The predicted molar refractivity (Wildman–Crippen MR) is 74.3 cm³/mol. The highest BCUT2D eigenvalue weighted by Gasteiger charge is 2.14. The fraction of sp³-hybridized carbons (Fsp3) is 0. The third-order valence-corrected chi connectivity index (χ3v) is 3.22. The van der Waals surface area contributed by atoms with Crippen LogP contribution in [-0.2, 0) is 0 Å². The van der Waals surface area contributed by atoms with Gasteiger partial charge in [-0.15, -0.1) is 5.10 Å². The molecule has 0 aliphatic carbocycles. The van der Waals surface area contributed by atoms with Crippen LogP contribution < -0.4 is 5.69 Å². The maximum atomic E-state index is 13.8. The number of hydrogen-bond donors (Lipinski definition) is 1. The predicted octanol–water partition coefficient (Wildman–Crippen LogP) is 1.77. The van der Waals surface area contributed by atoms with Gasteiger partial charge in [0.2, 0.25) is 0 Å². The molecular formula is C14H8FN5O. The van der Waals surface area contributed by atoms with Crippen LogP contribution in [0.15, 0.2) is 47.5 Å². The molecule has 0 unspecified atom stereocenters. The Morgan fingerprint density at radius 2 is 2.05 bits per heavy atom. The second-order valence-electron chi connectivity index (χ2n) is 4.50. The number of nitrogens with one attached hydrogen (secondary N) is 1. The van der Waals surface area contributed by atoms with E-state index in [9.17, 15) is 9.18 Å². The lowest BCUT2D eigenvalue weighted by Crippen LogP contribution is -2.17. The zero-order valence-corrected chi connectivity index (χ0v) is 10.6. The summed E-state index contributed by atoms with van der Waals surface area (Å²) in [5, 5.41) is 4.83. The van der Waals surface area contributed by atoms with Crippen LogP contribution >= 0.6 is 0 Å². The van der Waals surface area contributed by atoms with E-state index >= 15 is 0 Å². The van der Waals surface area contributed by atoms with Gasteiger partial charge in [0.25, 0.3) is 0 Å². The van der Waals surface area contributed by atoms with E-state index in [0.717, 1.165) is 16.1 Å². The third kappa shape index (κ3) is 1.71. The van der Waals surface area contributed by atoms with Crippen LogP contribution in [0.3, 0.4) is 0 Å². The van der Waals surface area contributed by atoms with Crippen molar-refractivity contribution in [1.29, 1.82) is 0 Å². The maximum absolute atomic E-state index is 13.8. The maximum Gasteiger partial charge on any atom is 0.348 e. The molecule has 21 heavy (non-hydrogen) atoms. The second-order valence-corrected chi connectivity index (χ2v) is 4.50. The smallest absolute Gasteiger partial charge is 0.305 e. The minimum absolute atomic E-state index is 0.150. The molecule has 7 heteroatoms. The molecule has 0 radical (unpaired) electrons. The fourth-order valence-corrected chi connectivity index (χ4v) is 2.25. The van der Waals surface area contributed by atoms with Gasteiger partial charge in [0.05, 0.1) is 17.3 Å². The molecule has 3 heterocycles. The van der Waals surface area contributed by atoms with Gasteiger partial charge < -0.3 is 4.98 Å². The van der Waals surface area contributed by atoms with Crippen LogP contribution in [-0.4, -0.2) is 24.6 Å². The van der Waals surface area contributed by atoms with Gasteiger partial charge in [0.1, 0.15) is 0 Å². The molecule has 0 amide bonds. The van der Waals surface area contributed by atoms with Crippen molar-refractivity contribution in [3.05, 3.63) is 59.0 Å². The Morgan fingerprint density at radius 1 is 1.19 bits per heavy atom. The van der Waals surface area contributed by atoms with E-state index in [2.05, 4.69) is 20.1 Å². The monoisotopic (exact) mass is 281 g/mol. The van der Waals surface area contributed by atoms with E-state index in [0.29, 0.717) is 11.2 Å². The summed E-state index contributed by atoms with van der Waals surface area (Å²) in [7, 11) is 0. The average molecular weight is 281 g/mol. The van der Waals surface area contributed by atoms with Crippen molar-refractivity contribution < 1.29 is 4.39 Å². The highest BCUT2D eigenvalue weighted by atomic mass is 19.1. The first-order chi connectivity index (χ1) is 10.2. The molecule has 0 saturated heterocycles. The van der Waals surface area contributed by atoms with Crippen LogP contribution in [0.5, 0.6) is 0 Å². The molecule has 0 fully saturated rings. The number of rotatable bonds is 1. The number of aromatic nitrogens is 5. The summed E-state index contributed by atoms with van der Waals surface area (Å²) >= 11 is 0. The van der Waals surface area contributed by atoms with Crippen molar-refractivity contribution >= 4 is 16.6 Å². The molecule has 3 aromatic heterocycles. The van der Waals surface area contributed by atoms with Crippen LogP contribution in [0.1, 0.15) is 0 Å². The van der Waals surface area contributed by atoms with E-state index in [1.807, 2.05) is 18.2 Å². The first kappa shape index (κ1) is 11.7. The number of pyridine rings is 1. The van der Waals surface area contributed by atoms with Crippen LogP contribution in [0.2, 0.25) is 0 Å². The van der Waals surface area contributed by atoms with Crippen LogP contribution in [0.25, 0.3) is 27.9 Å². The first-order valence-electron chi connectivity index (χ1n) is 6.22. The quantitative estimate of drug-likeness (QED) is 0.577. The molecule has 0 aliphatic heterocycles. The molecule has 4 rings (SSSR count). The zero-order chi connectivity index (χ0) is 14.4. The molecular weight excluding hydrogens is 273 g/mol. The second kappa shape index (κ2) is 4.20. The number of halogens is 1. The molecule has 102 valence electrons. The van der Waals surface area contributed by atoms with E-state index in [4.69, 9.17) is 0 Å². The lowest BCUT2D eigenvalue weighted by Gasteiger charge is -1.97. The van der Waals surface area contributed by atoms with Crippen molar-refractivity contribution in [3.8, 4) is 11.4 Å². The Labute approximate surface area is 116 Å². The number of aromatic amines is 1. The molecule has 1 N–H and O–H groups in total. The Bertz CT molecular complexity index is 1040. The Balaban J connectivity index is 2.11. The molecule has 0 saturated carbocycles. The standard InChI is InChI=1S/C14H8FN5O/c15-10-7-16-6-5-8(10)12-18-13-9-3-1-2-4-11(9)17-14(21)20(13)19-12/h1-7H,(H,17,21). The molecule has 0 bridgehead atoms. The summed E-state index contributed by atoms with van der Waals surface area (Å²) < 4.78 is 14.9. The van der Waals surface area contributed by atoms with Crippen molar-refractivity contribution in [1.82, 2.24) is 24.6 Å². The van der Waals surface area contributed by atoms with Gasteiger partial charge in [-0.25, -0.2) is 14.2 Å². The first-order valence-corrected chi connectivity index (χ1v) is 6.22. The summed E-state index contributed by atoms with van der Waals surface area (Å²) in [6, 6.07) is 8.72. The minimum atomic E-state index is -0.533. The van der Waals surface area contributed by atoms with Crippen molar-refractivity contribution in [2.75, 3.05) is 0 Å². The van der Waals surface area contributed by atoms with E-state index in [-0.39, 0.29) is 11.4 Å². The Hall–Kier alpha value is -3.09. The largest absolute Gasteiger partial charge is 0.348 e. The fourth-order valence-electron chi connectivity index (χ4n) is 2.25. The van der Waals surface area contributed by atoms with Crippen LogP contribution in [0, 0.1) is 5.82 Å². The van der Waals surface area contributed by atoms with Gasteiger partial charge in [-0.1, -0.05) is 12.1 Å². The van der Waals surface area contributed by atoms with Gasteiger partial charge in [-0.2, -0.15) is 4.52 Å². The molecule has 0 atom stereocenters. The highest BCUT2D eigenvalue weighted by molar-refractivity contribution is 5.91. The van der Waals surface area contributed by atoms with Gasteiger partial charge in [-0.05, 0) is 18.2 Å². The van der Waals surface area contributed by atoms with E-state index in [1.165, 1.54) is 12.3 Å². The van der Waals surface area contributed by atoms with Crippen molar-refractivity contribution in [2.45, 2.75) is 0 Å². The topological polar surface area (TPSA) is 75.9 Å². The average Bonchev–Trinajstić information content (AvgIpc) is 2.94. The summed E-state index contributed by atoms with van der Waals surface area (Å²) in [5.74, 6) is -0.383. The lowest BCUT2D eigenvalue weighted by atomic mass is 10.2. The third-order valence-electron chi connectivity index (χ3n) is 3.22. The van der Waals surface area contributed by atoms with Crippen molar-refractivity contribution in [3.63, 3.8) is 0 Å². The van der Waals surface area contributed by atoms with E-state index < -0.39 is 11.5 Å². The van der Waals surface area contributed by atoms with Crippen molar-refractivity contribution in [2.24, 2.45) is 0 Å². The van der Waals surface area contributed by atoms with Crippen LogP contribution in [0.4, 0.5) is 4.39 Å². The number of nitrogens with zero attached hydrogens (tertiary/aromatic N) is 4. The summed E-state index contributed by atoms with van der Waals surface area (Å²) in [6.07, 6.45) is 2.54. The Morgan fingerprint density at radius 3 is 2.90 bits per heavy atom. The summed E-state index contributed by atoms with van der Waals surface area (Å²) in [5.41, 5.74) is 0.832. The van der Waals surface area contributed by atoms with Gasteiger partial charge in [0, 0.05) is 11.6 Å². The highest BCUT2D eigenvalue weighted by Crippen LogP contribution is 2.21. The molecule has 0 aliphatic rings. The van der Waals surface area contributed by atoms with Gasteiger partial charge >= 0.3 is 5.69 Å². The SMILES string of the molecule is O=c1[nH]c2ccccc2c2nc(-c3ccncc3F)nn12. The number of para-hydroxylation sites is 1. The van der Waals surface area contributed by atoms with Gasteiger partial charge in [0.15, 0.2) is 17.3 Å². The lowest BCUT2D eigenvalue weighted by molar-refractivity contribution is 0.623. The minimum Gasteiger partial charge on any atom is -0.305 e. The molecule has 6 nitrogen and oxygen atoms in total. The van der Waals surface area contributed by atoms with E-state index in [1.54, 1.807) is 6.07 Å². The zero-order valence-electron chi connectivity index (χ0n) is 10.6. The molecule has 4 aromatic rings. The molecule has 1 aromatic carbocycles. The number of fused-ring (bicyclic) bond motifs is 3. The normalized spacial score (nSPS) is 11.3. The number of benzene rings is 1. The summed E-state index contributed by atoms with van der Waals surface area (Å²) in [4.78, 5) is 22.7. The Kier molecular flexibility index (Phi) is 2.34.